The van der Waals surface area contributed by atoms with E-state index in [9.17, 15) is 4.79 Å². The van der Waals surface area contributed by atoms with Gasteiger partial charge in [0.25, 0.3) is 0 Å². The smallest absolute Gasteiger partial charge is 0.319 e. The highest BCUT2D eigenvalue weighted by molar-refractivity contribution is 5.74. The highest BCUT2D eigenvalue weighted by Crippen LogP contribution is 2.30. The summed E-state index contributed by atoms with van der Waals surface area (Å²) in [4.78, 5) is 16.3. The van der Waals surface area contributed by atoms with Gasteiger partial charge in [0.2, 0.25) is 0 Å². The summed E-state index contributed by atoms with van der Waals surface area (Å²) < 4.78 is 0. The maximum atomic E-state index is 12.2. The van der Waals surface area contributed by atoms with E-state index in [1.165, 1.54) is 19.3 Å². The molecule has 0 aromatic carbocycles. The number of amides is 2. The van der Waals surface area contributed by atoms with Crippen LogP contribution in [0, 0.1) is 5.41 Å². The van der Waals surface area contributed by atoms with Crippen molar-refractivity contribution in [1.82, 2.24) is 9.80 Å². The molecule has 2 aliphatic rings. The molecule has 92 valence electrons. The lowest BCUT2D eigenvalue weighted by Gasteiger charge is -2.40. The third-order valence-corrected chi connectivity index (χ3v) is 4.01. The molecule has 3 nitrogen and oxygen atoms in total. The monoisotopic (exact) mass is 224 g/mol. The van der Waals surface area contributed by atoms with Crippen molar-refractivity contribution >= 4 is 6.03 Å². The van der Waals surface area contributed by atoms with Crippen LogP contribution < -0.4 is 0 Å². The first-order valence-corrected chi connectivity index (χ1v) is 6.62. The molecule has 0 radical (unpaired) electrons. The molecule has 0 aromatic rings. The Balaban J connectivity index is 1.86. The van der Waals surface area contributed by atoms with Crippen LogP contribution in [0.5, 0.6) is 0 Å². The zero-order valence-corrected chi connectivity index (χ0v) is 10.7. The van der Waals surface area contributed by atoms with Gasteiger partial charge < -0.3 is 9.80 Å². The van der Waals surface area contributed by atoms with Gasteiger partial charge >= 0.3 is 6.03 Å². The summed E-state index contributed by atoms with van der Waals surface area (Å²) in [7, 11) is 0. The van der Waals surface area contributed by atoms with Gasteiger partial charge in [-0.25, -0.2) is 4.79 Å². The molecular weight excluding hydrogens is 200 g/mol. The van der Waals surface area contributed by atoms with Gasteiger partial charge in [0, 0.05) is 26.2 Å². The summed E-state index contributed by atoms with van der Waals surface area (Å²) in [5.41, 5.74) is 0.429. The van der Waals surface area contributed by atoms with Crippen LogP contribution in [-0.4, -0.2) is 42.0 Å². The average molecular weight is 224 g/mol. The van der Waals surface area contributed by atoms with Crippen molar-refractivity contribution in [3.8, 4) is 0 Å². The predicted molar refractivity (Wildman–Crippen MR) is 65.4 cm³/mol. The lowest BCUT2D eigenvalue weighted by atomic mass is 9.83. The SMILES string of the molecule is CC1(C)CCN(C(=O)N2CCCCC2)CC1. The number of rotatable bonds is 0. The lowest BCUT2D eigenvalue weighted by Crippen LogP contribution is -2.49. The first kappa shape index (κ1) is 11.7. The normalized spacial score (nSPS) is 25.6. The fourth-order valence-corrected chi connectivity index (χ4v) is 2.59. The lowest BCUT2D eigenvalue weighted by molar-refractivity contribution is 0.107. The van der Waals surface area contributed by atoms with E-state index in [-0.39, 0.29) is 6.03 Å². The van der Waals surface area contributed by atoms with Crippen LogP contribution in [0.25, 0.3) is 0 Å². The zero-order valence-electron chi connectivity index (χ0n) is 10.7. The minimum absolute atomic E-state index is 0.287. The van der Waals surface area contributed by atoms with Crippen molar-refractivity contribution < 1.29 is 4.79 Å². The molecule has 2 rings (SSSR count). The van der Waals surface area contributed by atoms with Gasteiger partial charge in [-0.15, -0.1) is 0 Å². The topological polar surface area (TPSA) is 23.6 Å². The number of nitrogens with zero attached hydrogens (tertiary/aromatic N) is 2. The van der Waals surface area contributed by atoms with Gasteiger partial charge in [0.15, 0.2) is 0 Å². The fraction of sp³-hybridized carbons (Fsp3) is 0.923. The fourth-order valence-electron chi connectivity index (χ4n) is 2.59. The molecule has 2 heterocycles. The summed E-state index contributed by atoms with van der Waals surface area (Å²) in [5.74, 6) is 0. The third kappa shape index (κ3) is 2.69. The van der Waals surface area contributed by atoms with E-state index < -0.39 is 0 Å². The Labute approximate surface area is 98.8 Å². The summed E-state index contributed by atoms with van der Waals surface area (Å²) in [6.07, 6.45) is 5.95. The van der Waals surface area contributed by atoms with Gasteiger partial charge in [-0.1, -0.05) is 13.8 Å². The van der Waals surface area contributed by atoms with Crippen LogP contribution in [0.1, 0.15) is 46.0 Å². The number of carbonyl (C=O) groups excluding carboxylic acids is 1. The molecule has 2 saturated heterocycles. The van der Waals surface area contributed by atoms with E-state index in [1.54, 1.807) is 0 Å². The number of piperidine rings is 2. The Hall–Kier alpha value is -0.730. The van der Waals surface area contributed by atoms with Crippen LogP contribution in [0.2, 0.25) is 0 Å². The van der Waals surface area contributed by atoms with Crippen molar-refractivity contribution in [1.29, 1.82) is 0 Å². The minimum atomic E-state index is 0.287. The Morgan fingerprint density at radius 1 is 0.875 bits per heavy atom. The second-order valence-corrected chi connectivity index (χ2v) is 5.98. The average Bonchev–Trinajstić information content (AvgIpc) is 2.29. The summed E-state index contributed by atoms with van der Waals surface area (Å²) in [5, 5.41) is 0. The van der Waals surface area contributed by atoms with Crippen LogP contribution in [0.15, 0.2) is 0 Å². The van der Waals surface area contributed by atoms with Crippen LogP contribution >= 0.6 is 0 Å². The van der Waals surface area contributed by atoms with E-state index >= 15 is 0 Å². The first-order valence-electron chi connectivity index (χ1n) is 6.62. The number of hydrogen-bond donors (Lipinski definition) is 0. The molecule has 2 fully saturated rings. The molecule has 0 saturated carbocycles. The molecule has 16 heavy (non-hydrogen) atoms. The molecule has 3 heteroatoms. The molecule has 0 bridgehead atoms. The van der Waals surface area contributed by atoms with Gasteiger partial charge in [-0.3, -0.25) is 0 Å². The van der Waals surface area contributed by atoms with Crippen LogP contribution in [0.3, 0.4) is 0 Å². The minimum Gasteiger partial charge on any atom is -0.325 e. The van der Waals surface area contributed by atoms with Crippen molar-refractivity contribution in [2.75, 3.05) is 26.2 Å². The molecule has 0 atom stereocenters. The number of carbonyl (C=O) groups is 1. The quantitative estimate of drug-likeness (QED) is 0.620. The van der Waals surface area contributed by atoms with Crippen molar-refractivity contribution in [2.45, 2.75) is 46.0 Å². The summed E-state index contributed by atoms with van der Waals surface area (Å²) >= 11 is 0. The molecular formula is C13H24N2O. The number of urea groups is 1. The molecule has 0 aromatic heterocycles. The Bertz CT molecular complexity index is 247. The summed E-state index contributed by atoms with van der Waals surface area (Å²) in [6, 6.07) is 0.287. The highest BCUT2D eigenvalue weighted by Gasteiger charge is 2.30. The first-order chi connectivity index (χ1) is 7.58. The molecule has 0 spiro atoms. The Morgan fingerprint density at radius 3 is 1.94 bits per heavy atom. The molecule has 0 unspecified atom stereocenters. The Kier molecular flexibility index (Phi) is 3.41. The molecule has 0 aliphatic carbocycles. The molecule has 2 aliphatic heterocycles. The maximum absolute atomic E-state index is 12.2. The zero-order chi connectivity index (χ0) is 11.6. The van der Waals surface area contributed by atoms with Crippen LogP contribution in [0.4, 0.5) is 4.79 Å². The maximum Gasteiger partial charge on any atom is 0.319 e. The standard InChI is InChI=1S/C13H24N2O/c1-13(2)6-10-15(11-7-13)12(16)14-8-4-3-5-9-14/h3-11H2,1-2H3. The van der Waals surface area contributed by atoms with E-state index in [1.807, 2.05) is 4.90 Å². The number of hydrogen-bond acceptors (Lipinski definition) is 1. The second-order valence-electron chi connectivity index (χ2n) is 5.98. The van der Waals surface area contributed by atoms with Crippen molar-refractivity contribution in [3.63, 3.8) is 0 Å². The summed E-state index contributed by atoms with van der Waals surface area (Å²) in [6.45, 7) is 8.44. The largest absolute Gasteiger partial charge is 0.325 e. The Morgan fingerprint density at radius 2 is 1.38 bits per heavy atom. The number of likely N-dealkylation sites (tertiary alicyclic amines) is 2. The second kappa shape index (κ2) is 4.64. The van der Waals surface area contributed by atoms with Gasteiger partial charge in [-0.2, -0.15) is 0 Å². The molecule has 0 N–H and O–H groups in total. The van der Waals surface area contributed by atoms with E-state index in [0.717, 1.165) is 39.0 Å². The van der Waals surface area contributed by atoms with Gasteiger partial charge in [-0.05, 0) is 37.5 Å². The van der Waals surface area contributed by atoms with E-state index in [4.69, 9.17) is 0 Å². The van der Waals surface area contributed by atoms with Crippen LogP contribution in [-0.2, 0) is 0 Å². The van der Waals surface area contributed by atoms with Crippen molar-refractivity contribution in [2.24, 2.45) is 5.41 Å². The van der Waals surface area contributed by atoms with E-state index in [2.05, 4.69) is 18.7 Å². The predicted octanol–water partition coefficient (Wildman–Crippen LogP) is 2.71. The molecule has 2 amide bonds. The van der Waals surface area contributed by atoms with Gasteiger partial charge in [0.05, 0.1) is 0 Å². The third-order valence-electron chi connectivity index (χ3n) is 4.01. The highest BCUT2D eigenvalue weighted by atomic mass is 16.2. The van der Waals surface area contributed by atoms with Gasteiger partial charge in [0.1, 0.15) is 0 Å². The van der Waals surface area contributed by atoms with E-state index in [0.29, 0.717) is 5.41 Å². The van der Waals surface area contributed by atoms with Crippen molar-refractivity contribution in [3.05, 3.63) is 0 Å².